The molecule has 0 atom stereocenters. The molecule has 1 saturated heterocycles. The number of hydrogen-bond acceptors (Lipinski definition) is 2. The van der Waals surface area contributed by atoms with Gasteiger partial charge in [0.25, 0.3) is 0 Å². The number of halogens is 4. The molecule has 0 radical (unpaired) electrons. The zero-order valence-corrected chi connectivity index (χ0v) is 16.2. The fourth-order valence-corrected chi connectivity index (χ4v) is 3.42. The number of ether oxygens (including phenoxy) is 1. The third-order valence-corrected chi connectivity index (χ3v) is 4.98. The Morgan fingerprint density at radius 1 is 1.00 bits per heavy atom. The second-order valence-corrected chi connectivity index (χ2v) is 7.01. The van der Waals surface area contributed by atoms with Gasteiger partial charge in [-0.2, -0.15) is 0 Å². The Bertz CT molecular complexity index is 748. The molecule has 1 heterocycles. The van der Waals surface area contributed by atoms with Crippen LogP contribution in [-0.4, -0.2) is 31.1 Å². The second kappa shape index (κ2) is 10.00. The van der Waals surface area contributed by atoms with E-state index in [1.54, 1.807) is 6.07 Å². The quantitative estimate of drug-likeness (QED) is 0.664. The van der Waals surface area contributed by atoms with Crippen molar-refractivity contribution < 1.29 is 17.9 Å². The molecular weight excluding hydrogens is 375 g/mol. The van der Waals surface area contributed by atoms with Gasteiger partial charge in [-0.25, -0.2) is 13.2 Å². The van der Waals surface area contributed by atoms with E-state index in [4.69, 9.17) is 4.74 Å². The standard InChI is InChI=1S/C21H24F3NO.ClH/c1-15-2-3-17(19(23)12-15)13-16-6-8-25(9-7-16)10-11-26-21-5-4-18(22)14-20(21)24;/h2-5,12,14,16H,6-11,13H2,1H3;1H. The molecular formula is C21H25ClF3NO. The molecule has 148 valence electrons. The van der Waals surface area contributed by atoms with E-state index in [-0.39, 0.29) is 24.0 Å². The van der Waals surface area contributed by atoms with Crippen LogP contribution in [0.4, 0.5) is 13.2 Å². The van der Waals surface area contributed by atoms with Gasteiger partial charge in [-0.05, 0) is 74.5 Å². The first kappa shape index (κ1) is 21.6. The minimum absolute atomic E-state index is 0. The summed E-state index contributed by atoms with van der Waals surface area (Å²) in [5.74, 6) is -0.831. The minimum atomic E-state index is -0.677. The summed E-state index contributed by atoms with van der Waals surface area (Å²) in [6.07, 6.45) is 2.80. The van der Waals surface area contributed by atoms with Crippen LogP contribution in [0.1, 0.15) is 24.0 Å². The average molecular weight is 400 g/mol. The first-order valence-corrected chi connectivity index (χ1v) is 9.06. The number of piperidine rings is 1. The van der Waals surface area contributed by atoms with Crippen molar-refractivity contribution in [2.75, 3.05) is 26.2 Å². The lowest BCUT2D eigenvalue weighted by atomic mass is 9.89. The number of rotatable bonds is 6. The summed E-state index contributed by atoms with van der Waals surface area (Å²) in [6, 6.07) is 8.77. The molecule has 27 heavy (non-hydrogen) atoms. The Labute approximate surface area is 164 Å². The Morgan fingerprint density at radius 2 is 1.74 bits per heavy atom. The first-order valence-electron chi connectivity index (χ1n) is 9.06. The Hall–Kier alpha value is -1.72. The predicted molar refractivity (Wildman–Crippen MR) is 103 cm³/mol. The van der Waals surface area contributed by atoms with Crippen LogP contribution in [0.5, 0.6) is 5.75 Å². The smallest absolute Gasteiger partial charge is 0.167 e. The van der Waals surface area contributed by atoms with Crippen molar-refractivity contribution in [3.63, 3.8) is 0 Å². The molecule has 2 aromatic carbocycles. The summed E-state index contributed by atoms with van der Waals surface area (Å²) in [7, 11) is 0. The lowest BCUT2D eigenvalue weighted by molar-refractivity contribution is 0.152. The van der Waals surface area contributed by atoms with Crippen molar-refractivity contribution in [2.45, 2.75) is 26.2 Å². The number of benzene rings is 2. The molecule has 1 aliphatic rings. The predicted octanol–water partition coefficient (Wildman–Crippen LogP) is 5.17. The molecule has 0 amide bonds. The van der Waals surface area contributed by atoms with E-state index >= 15 is 0 Å². The number of hydrogen-bond donors (Lipinski definition) is 0. The molecule has 2 nitrogen and oxygen atoms in total. The largest absolute Gasteiger partial charge is 0.489 e. The number of aryl methyl sites for hydroxylation is 1. The van der Waals surface area contributed by atoms with Gasteiger partial charge in [-0.15, -0.1) is 12.4 Å². The monoisotopic (exact) mass is 399 g/mol. The zero-order chi connectivity index (χ0) is 18.5. The van der Waals surface area contributed by atoms with Gasteiger partial charge in [-0.1, -0.05) is 12.1 Å². The maximum atomic E-state index is 14.0. The van der Waals surface area contributed by atoms with Gasteiger partial charge in [0, 0.05) is 12.6 Å². The average Bonchev–Trinajstić information content (AvgIpc) is 2.61. The first-order chi connectivity index (χ1) is 12.5. The summed E-state index contributed by atoms with van der Waals surface area (Å²) >= 11 is 0. The van der Waals surface area contributed by atoms with Crippen LogP contribution >= 0.6 is 12.4 Å². The highest BCUT2D eigenvalue weighted by atomic mass is 35.5. The Morgan fingerprint density at radius 3 is 2.41 bits per heavy atom. The van der Waals surface area contributed by atoms with Crippen molar-refractivity contribution in [1.29, 1.82) is 0 Å². The maximum Gasteiger partial charge on any atom is 0.167 e. The summed E-state index contributed by atoms with van der Waals surface area (Å²) in [4.78, 5) is 2.27. The number of nitrogens with zero attached hydrogens (tertiary/aromatic N) is 1. The van der Waals surface area contributed by atoms with E-state index in [0.29, 0.717) is 19.1 Å². The third kappa shape index (κ3) is 6.15. The molecule has 1 aliphatic heterocycles. The molecule has 6 heteroatoms. The molecule has 0 saturated carbocycles. The van der Waals surface area contributed by atoms with Crippen LogP contribution in [0.15, 0.2) is 36.4 Å². The van der Waals surface area contributed by atoms with E-state index in [9.17, 15) is 13.2 Å². The number of likely N-dealkylation sites (tertiary alicyclic amines) is 1. The maximum absolute atomic E-state index is 14.0. The molecule has 1 fully saturated rings. The molecule has 0 N–H and O–H groups in total. The molecule has 3 rings (SSSR count). The highest BCUT2D eigenvalue weighted by Crippen LogP contribution is 2.24. The van der Waals surface area contributed by atoms with Gasteiger partial charge in [-0.3, -0.25) is 4.90 Å². The summed E-state index contributed by atoms with van der Waals surface area (Å²) in [5.41, 5.74) is 1.74. The second-order valence-electron chi connectivity index (χ2n) is 7.01. The molecule has 0 spiro atoms. The highest BCUT2D eigenvalue weighted by molar-refractivity contribution is 5.85. The van der Waals surface area contributed by atoms with Crippen molar-refractivity contribution in [2.24, 2.45) is 5.92 Å². The van der Waals surface area contributed by atoms with Crippen LogP contribution in [0.25, 0.3) is 0 Å². The van der Waals surface area contributed by atoms with Gasteiger partial charge in [0.2, 0.25) is 0 Å². The highest BCUT2D eigenvalue weighted by Gasteiger charge is 2.20. The lowest BCUT2D eigenvalue weighted by Crippen LogP contribution is -2.37. The van der Waals surface area contributed by atoms with Crippen LogP contribution in [0.2, 0.25) is 0 Å². The topological polar surface area (TPSA) is 12.5 Å². The lowest BCUT2D eigenvalue weighted by Gasteiger charge is -2.32. The molecule has 0 aromatic heterocycles. The van der Waals surface area contributed by atoms with Crippen molar-refractivity contribution in [1.82, 2.24) is 4.90 Å². The summed E-state index contributed by atoms with van der Waals surface area (Å²) < 4.78 is 45.8. The van der Waals surface area contributed by atoms with Gasteiger partial charge >= 0.3 is 0 Å². The fraction of sp³-hybridized carbons (Fsp3) is 0.429. The van der Waals surface area contributed by atoms with Crippen LogP contribution in [0.3, 0.4) is 0 Å². The fourth-order valence-electron chi connectivity index (χ4n) is 3.42. The van der Waals surface area contributed by atoms with Crippen molar-refractivity contribution in [3.05, 3.63) is 65.0 Å². The van der Waals surface area contributed by atoms with Gasteiger partial charge < -0.3 is 4.74 Å². The Balaban J connectivity index is 0.00000261. The van der Waals surface area contributed by atoms with Gasteiger partial charge in [0.15, 0.2) is 11.6 Å². The summed E-state index contributed by atoms with van der Waals surface area (Å²) in [5, 5.41) is 0. The van der Waals surface area contributed by atoms with E-state index < -0.39 is 11.6 Å². The van der Waals surface area contributed by atoms with Crippen LogP contribution in [0, 0.1) is 30.3 Å². The van der Waals surface area contributed by atoms with Gasteiger partial charge in [0.05, 0.1) is 0 Å². The van der Waals surface area contributed by atoms with E-state index in [0.717, 1.165) is 49.5 Å². The van der Waals surface area contributed by atoms with E-state index in [1.807, 2.05) is 19.1 Å². The van der Waals surface area contributed by atoms with E-state index in [1.165, 1.54) is 12.1 Å². The van der Waals surface area contributed by atoms with Crippen molar-refractivity contribution >= 4 is 12.4 Å². The Kier molecular flexibility index (Phi) is 7.99. The molecule has 0 bridgehead atoms. The van der Waals surface area contributed by atoms with E-state index in [2.05, 4.69) is 4.90 Å². The summed E-state index contributed by atoms with van der Waals surface area (Å²) in [6.45, 7) is 4.80. The third-order valence-electron chi connectivity index (χ3n) is 4.98. The van der Waals surface area contributed by atoms with Crippen LogP contribution in [-0.2, 0) is 6.42 Å². The molecule has 0 unspecified atom stereocenters. The van der Waals surface area contributed by atoms with Crippen molar-refractivity contribution in [3.8, 4) is 5.75 Å². The van der Waals surface area contributed by atoms with Crippen LogP contribution < -0.4 is 4.74 Å². The molecule has 2 aromatic rings. The normalized spacial score (nSPS) is 15.4. The zero-order valence-electron chi connectivity index (χ0n) is 15.4. The van der Waals surface area contributed by atoms with Gasteiger partial charge in [0.1, 0.15) is 18.2 Å². The molecule has 0 aliphatic carbocycles. The SMILES string of the molecule is Cc1ccc(CC2CCN(CCOc3ccc(F)cc3F)CC2)c(F)c1.Cl. The minimum Gasteiger partial charge on any atom is -0.489 e.